The zero-order chi connectivity index (χ0) is 10.7. The lowest BCUT2D eigenvalue weighted by Crippen LogP contribution is -2.30. The Morgan fingerprint density at radius 2 is 2.12 bits per heavy atom. The predicted molar refractivity (Wildman–Crippen MR) is 61.2 cm³/mol. The van der Waals surface area contributed by atoms with Gasteiger partial charge in [0.25, 0.3) is 5.91 Å². The fourth-order valence-electron chi connectivity index (χ4n) is 4.07. The van der Waals surface area contributed by atoms with Crippen molar-refractivity contribution in [2.24, 2.45) is 23.7 Å². The number of amides is 1. The van der Waals surface area contributed by atoms with Gasteiger partial charge in [0.15, 0.2) is 0 Å². The van der Waals surface area contributed by atoms with E-state index in [-0.39, 0.29) is 5.91 Å². The number of nitrogens with zero attached hydrogens (tertiary/aromatic N) is 1. The number of aromatic nitrogens is 1. The number of nitrogens with one attached hydrogen (secondary N) is 1. The van der Waals surface area contributed by atoms with Gasteiger partial charge in [-0.1, -0.05) is 0 Å². The molecule has 0 aromatic carbocycles. The largest absolute Gasteiger partial charge is 0.347 e. The van der Waals surface area contributed by atoms with Gasteiger partial charge in [0.1, 0.15) is 5.69 Å². The molecule has 3 nitrogen and oxygen atoms in total. The van der Waals surface area contributed by atoms with Crippen molar-refractivity contribution in [3.8, 4) is 0 Å². The maximum absolute atomic E-state index is 11.9. The molecule has 3 aliphatic carbocycles. The van der Waals surface area contributed by atoms with Crippen LogP contribution in [0.25, 0.3) is 0 Å². The van der Waals surface area contributed by atoms with Crippen molar-refractivity contribution in [1.29, 1.82) is 0 Å². The van der Waals surface area contributed by atoms with E-state index in [1.54, 1.807) is 5.51 Å². The summed E-state index contributed by atoms with van der Waals surface area (Å²) in [6, 6.07) is 0.473. The lowest BCUT2D eigenvalue weighted by molar-refractivity contribution is 0.0940. The number of rotatable bonds is 2. The highest BCUT2D eigenvalue weighted by Gasteiger charge is 2.65. The highest BCUT2D eigenvalue weighted by molar-refractivity contribution is 7.07. The van der Waals surface area contributed by atoms with Gasteiger partial charge in [0.2, 0.25) is 0 Å². The van der Waals surface area contributed by atoms with Crippen molar-refractivity contribution >= 4 is 17.2 Å². The summed E-state index contributed by atoms with van der Waals surface area (Å²) < 4.78 is 0. The Balaban J connectivity index is 1.46. The monoisotopic (exact) mass is 234 g/mol. The smallest absolute Gasteiger partial charge is 0.270 e. The zero-order valence-corrected chi connectivity index (χ0v) is 9.74. The van der Waals surface area contributed by atoms with Crippen molar-refractivity contribution in [2.45, 2.75) is 25.3 Å². The highest BCUT2D eigenvalue weighted by atomic mass is 32.1. The molecular weight excluding hydrogens is 220 g/mol. The second kappa shape index (κ2) is 3.06. The number of carbonyl (C=O) groups is 1. The van der Waals surface area contributed by atoms with Crippen LogP contribution in [0.4, 0.5) is 0 Å². The lowest BCUT2D eigenvalue weighted by atomic mass is 10.0. The summed E-state index contributed by atoms with van der Waals surface area (Å²) in [5, 5.41) is 4.99. The summed E-state index contributed by atoms with van der Waals surface area (Å²) in [7, 11) is 0. The first-order valence-electron chi connectivity index (χ1n) is 6.03. The predicted octanol–water partition coefficient (Wildman–Crippen LogP) is 1.92. The molecule has 1 N–H and O–H groups in total. The Kier molecular flexibility index (Phi) is 1.76. The molecule has 1 amide bonds. The molecule has 4 atom stereocenters. The highest BCUT2D eigenvalue weighted by Crippen LogP contribution is 2.65. The Morgan fingerprint density at radius 3 is 2.75 bits per heavy atom. The molecule has 84 valence electrons. The van der Waals surface area contributed by atoms with Crippen LogP contribution in [0.1, 0.15) is 29.8 Å². The molecule has 4 unspecified atom stereocenters. The molecule has 0 aliphatic heterocycles. The first kappa shape index (κ1) is 9.16. The van der Waals surface area contributed by atoms with E-state index in [4.69, 9.17) is 0 Å². The van der Waals surface area contributed by atoms with Gasteiger partial charge in [-0.05, 0) is 42.9 Å². The third kappa shape index (κ3) is 1.14. The number of hydrogen-bond donors (Lipinski definition) is 1. The molecular formula is C12H14N2OS. The third-order valence-electron chi connectivity index (χ3n) is 4.70. The van der Waals surface area contributed by atoms with Crippen LogP contribution in [0, 0.1) is 23.7 Å². The van der Waals surface area contributed by atoms with Gasteiger partial charge in [-0.2, -0.15) is 0 Å². The summed E-state index contributed by atoms with van der Waals surface area (Å²) >= 11 is 1.48. The number of hydrogen-bond acceptors (Lipinski definition) is 3. The fourth-order valence-corrected chi connectivity index (χ4v) is 4.60. The van der Waals surface area contributed by atoms with Crippen LogP contribution in [-0.2, 0) is 0 Å². The van der Waals surface area contributed by atoms with Crippen molar-refractivity contribution < 1.29 is 4.79 Å². The van der Waals surface area contributed by atoms with Crippen molar-refractivity contribution in [3.05, 3.63) is 16.6 Å². The summed E-state index contributed by atoms with van der Waals surface area (Å²) in [6.07, 6.45) is 4.22. The molecule has 4 rings (SSSR count). The van der Waals surface area contributed by atoms with Crippen LogP contribution in [0.5, 0.6) is 0 Å². The van der Waals surface area contributed by atoms with Gasteiger partial charge >= 0.3 is 0 Å². The molecule has 3 saturated carbocycles. The van der Waals surface area contributed by atoms with E-state index in [0.29, 0.717) is 11.7 Å². The van der Waals surface area contributed by atoms with E-state index in [1.807, 2.05) is 5.38 Å². The molecule has 4 heteroatoms. The second-order valence-electron chi connectivity index (χ2n) is 5.36. The second-order valence-corrected chi connectivity index (χ2v) is 6.08. The first-order valence-corrected chi connectivity index (χ1v) is 6.98. The molecule has 3 aliphatic rings. The van der Waals surface area contributed by atoms with Crippen LogP contribution in [0.15, 0.2) is 10.9 Å². The van der Waals surface area contributed by atoms with E-state index < -0.39 is 0 Å². The van der Waals surface area contributed by atoms with Crippen LogP contribution in [-0.4, -0.2) is 16.9 Å². The molecule has 1 heterocycles. The molecule has 1 aromatic rings. The first-order chi connectivity index (χ1) is 7.84. The third-order valence-corrected chi connectivity index (χ3v) is 5.28. The normalized spacial score (nSPS) is 43.1. The fraction of sp³-hybridized carbons (Fsp3) is 0.667. The molecule has 1 aromatic heterocycles. The van der Waals surface area contributed by atoms with Crippen LogP contribution in [0.2, 0.25) is 0 Å². The van der Waals surface area contributed by atoms with Gasteiger partial charge in [0.05, 0.1) is 5.51 Å². The van der Waals surface area contributed by atoms with Gasteiger partial charge in [0, 0.05) is 11.4 Å². The Hall–Kier alpha value is -0.900. The standard InChI is InChI=1S/C12H14N2OS/c15-12(8-4-16-5-13-8)14-11-9-6-1-2-7(3-6)10(9)11/h4-7,9-11H,1-3H2,(H,14,15). The van der Waals surface area contributed by atoms with Crippen molar-refractivity contribution in [2.75, 3.05) is 0 Å². The minimum atomic E-state index is 0.0278. The van der Waals surface area contributed by atoms with E-state index in [0.717, 1.165) is 23.7 Å². The number of thiazole rings is 1. The van der Waals surface area contributed by atoms with E-state index in [1.165, 1.54) is 30.6 Å². The quantitative estimate of drug-likeness (QED) is 0.849. The van der Waals surface area contributed by atoms with Gasteiger partial charge in [-0.25, -0.2) is 4.98 Å². The molecule has 0 saturated heterocycles. The topological polar surface area (TPSA) is 42.0 Å². The van der Waals surface area contributed by atoms with E-state index in [9.17, 15) is 4.79 Å². The minimum absolute atomic E-state index is 0.0278. The molecule has 0 spiro atoms. The maximum Gasteiger partial charge on any atom is 0.270 e. The molecule has 0 radical (unpaired) electrons. The zero-order valence-electron chi connectivity index (χ0n) is 8.93. The van der Waals surface area contributed by atoms with Crippen LogP contribution < -0.4 is 5.32 Å². The SMILES string of the molecule is O=C(NC1C2C3CCC(C3)C12)c1cscn1. The van der Waals surface area contributed by atoms with Gasteiger partial charge < -0.3 is 5.32 Å². The Bertz CT molecular complexity index is 414. The summed E-state index contributed by atoms with van der Waals surface area (Å²) in [4.78, 5) is 15.9. The van der Waals surface area contributed by atoms with E-state index >= 15 is 0 Å². The molecule has 16 heavy (non-hydrogen) atoms. The van der Waals surface area contributed by atoms with Crippen molar-refractivity contribution in [3.63, 3.8) is 0 Å². The Morgan fingerprint density at radius 1 is 1.38 bits per heavy atom. The maximum atomic E-state index is 11.9. The average Bonchev–Trinajstić information content (AvgIpc) is 2.81. The van der Waals surface area contributed by atoms with Crippen LogP contribution in [0.3, 0.4) is 0 Å². The molecule has 2 bridgehead atoms. The number of carbonyl (C=O) groups excluding carboxylic acids is 1. The Labute approximate surface area is 98.3 Å². The minimum Gasteiger partial charge on any atom is -0.347 e. The summed E-state index contributed by atoms with van der Waals surface area (Å²) in [5.74, 6) is 3.47. The average molecular weight is 234 g/mol. The van der Waals surface area contributed by atoms with E-state index in [2.05, 4.69) is 10.3 Å². The summed E-state index contributed by atoms with van der Waals surface area (Å²) in [5.41, 5.74) is 2.30. The number of fused-ring (bicyclic) bond motifs is 5. The van der Waals surface area contributed by atoms with Crippen molar-refractivity contribution in [1.82, 2.24) is 10.3 Å². The lowest BCUT2D eigenvalue weighted by Gasteiger charge is -2.09. The van der Waals surface area contributed by atoms with Gasteiger partial charge in [-0.3, -0.25) is 4.79 Å². The van der Waals surface area contributed by atoms with Gasteiger partial charge in [-0.15, -0.1) is 11.3 Å². The molecule has 3 fully saturated rings. The summed E-state index contributed by atoms with van der Waals surface area (Å²) in [6.45, 7) is 0. The van der Waals surface area contributed by atoms with Crippen LogP contribution >= 0.6 is 11.3 Å².